The Hall–Kier alpha value is -1.32. The first kappa shape index (κ1) is 10.8. The molecule has 0 radical (unpaired) electrons. The van der Waals surface area contributed by atoms with Gasteiger partial charge in [-0.15, -0.1) is 0 Å². The summed E-state index contributed by atoms with van der Waals surface area (Å²) in [5.41, 5.74) is 0.770. The molecule has 0 spiro atoms. The van der Waals surface area contributed by atoms with Crippen molar-refractivity contribution in [1.82, 2.24) is 5.16 Å². The summed E-state index contributed by atoms with van der Waals surface area (Å²) in [4.78, 5) is 13.5. The van der Waals surface area contributed by atoms with Crippen LogP contribution in [0.4, 0.5) is 5.69 Å². The Balaban J connectivity index is 2.93. The SMILES string of the molecule is CCN(C(=O)C(C)C)c1cnoc1C. The smallest absolute Gasteiger partial charge is 0.229 e. The third-order valence-corrected chi connectivity index (χ3v) is 2.09. The molecule has 0 saturated heterocycles. The van der Waals surface area contributed by atoms with Crippen LogP contribution >= 0.6 is 0 Å². The van der Waals surface area contributed by atoms with Crippen LogP contribution in [0.3, 0.4) is 0 Å². The van der Waals surface area contributed by atoms with E-state index in [9.17, 15) is 4.79 Å². The predicted molar refractivity (Wildman–Crippen MR) is 54.1 cm³/mol. The van der Waals surface area contributed by atoms with Crippen molar-refractivity contribution in [2.45, 2.75) is 27.7 Å². The van der Waals surface area contributed by atoms with Crippen molar-refractivity contribution in [2.75, 3.05) is 11.4 Å². The van der Waals surface area contributed by atoms with E-state index >= 15 is 0 Å². The van der Waals surface area contributed by atoms with Crippen LogP contribution in [-0.4, -0.2) is 17.6 Å². The van der Waals surface area contributed by atoms with Gasteiger partial charge in [0.15, 0.2) is 5.76 Å². The third-order valence-electron chi connectivity index (χ3n) is 2.09. The fraction of sp³-hybridized carbons (Fsp3) is 0.600. The topological polar surface area (TPSA) is 46.3 Å². The summed E-state index contributed by atoms with van der Waals surface area (Å²) in [6.07, 6.45) is 1.58. The molecule has 1 aromatic rings. The number of aromatic nitrogens is 1. The fourth-order valence-corrected chi connectivity index (χ4v) is 1.31. The van der Waals surface area contributed by atoms with Gasteiger partial charge >= 0.3 is 0 Å². The van der Waals surface area contributed by atoms with Crippen molar-refractivity contribution in [1.29, 1.82) is 0 Å². The maximum absolute atomic E-state index is 11.8. The Kier molecular flexibility index (Phi) is 3.28. The molecule has 0 aliphatic heterocycles. The standard InChI is InChI=1S/C10H16N2O2/c1-5-12(10(13)7(2)3)9-6-11-14-8(9)4/h6-7H,5H2,1-4H3. The second-order valence-corrected chi connectivity index (χ2v) is 3.50. The minimum absolute atomic E-state index is 0.00995. The average Bonchev–Trinajstić information content (AvgIpc) is 2.53. The van der Waals surface area contributed by atoms with Crippen LogP contribution in [0.2, 0.25) is 0 Å². The number of anilines is 1. The first-order valence-electron chi connectivity index (χ1n) is 4.80. The van der Waals surface area contributed by atoms with Crippen LogP contribution in [0.5, 0.6) is 0 Å². The molecule has 0 saturated carbocycles. The van der Waals surface area contributed by atoms with Crippen LogP contribution in [-0.2, 0) is 4.79 Å². The number of nitrogens with zero attached hydrogens (tertiary/aromatic N) is 2. The molecule has 4 nitrogen and oxygen atoms in total. The summed E-state index contributed by atoms with van der Waals surface area (Å²) in [6.45, 7) is 8.14. The summed E-state index contributed by atoms with van der Waals surface area (Å²) in [5, 5.41) is 3.66. The van der Waals surface area contributed by atoms with Gasteiger partial charge in [-0.2, -0.15) is 0 Å². The van der Waals surface area contributed by atoms with Gasteiger partial charge in [-0.1, -0.05) is 19.0 Å². The molecule has 0 bridgehead atoms. The van der Waals surface area contributed by atoms with Crippen molar-refractivity contribution in [3.8, 4) is 0 Å². The summed E-state index contributed by atoms with van der Waals surface area (Å²) in [6, 6.07) is 0. The molecule has 0 N–H and O–H groups in total. The lowest BCUT2D eigenvalue weighted by Gasteiger charge is -2.21. The van der Waals surface area contributed by atoms with Crippen LogP contribution in [0, 0.1) is 12.8 Å². The molecular formula is C10H16N2O2. The molecule has 0 aliphatic carbocycles. The molecular weight excluding hydrogens is 180 g/mol. The minimum atomic E-state index is -0.00995. The Bertz CT molecular complexity index is 318. The van der Waals surface area contributed by atoms with E-state index in [0.717, 1.165) is 5.69 Å². The minimum Gasteiger partial charge on any atom is -0.359 e. The maximum atomic E-state index is 11.8. The van der Waals surface area contributed by atoms with Crippen molar-refractivity contribution in [3.63, 3.8) is 0 Å². The fourth-order valence-electron chi connectivity index (χ4n) is 1.31. The Morgan fingerprint density at radius 2 is 2.29 bits per heavy atom. The van der Waals surface area contributed by atoms with Gasteiger partial charge in [0.25, 0.3) is 0 Å². The quantitative estimate of drug-likeness (QED) is 0.742. The van der Waals surface area contributed by atoms with Gasteiger partial charge in [-0.05, 0) is 13.8 Å². The van der Waals surface area contributed by atoms with Crippen LogP contribution in [0.1, 0.15) is 26.5 Å². The van der Waals surface area contributed by atoms with Crippen molar-refractivity contribution >= 4 is 11.6 Å². The number of hydrogen-bond donors (Lipinski definition) is 0. The second-order valence-electron chi connectivity index (χ2n) is 3.50. The average molecular weight is 196 g/mol. The lowest BCUT2D eigenvalue weighted by Crippen LogP contribution is -2.34. The molecule has 4 heteroatoms. The highest BCUT2D eigenvalue weighted by Gasteiger charge is 2.20. The van der Waals surface area contributed by atoms with E-state index in [-0.39, 0.29) is 11.8 Å². The zero-order valence-electron chi connectivity index (χ0n) is 9.07. The number of rotatable bonds is 3. The van der Waals surface area contributed by atoms with E-state index in [4.69, 9.17) is 4.52 Å². The molecule has 14 heavy (non-hydrogen) atoms. The van der Waals surface area contributed by atoms with Gasteiger partial charge in [-0.3, -0.25) is 4.79 Å². The molecule has 0 aromatic carbocycles. The van der Waals surface area contributed by atoms with E-state index in [1.165, 1.54) is 0 Å². The molecule has 78 valence electrons. The summed E-state index contributed by atoms with van der Waals surface area (Å²) < 4.78 is 4.93. The second kappa shape index (κ2) is 4.26. The highest BCUT2D eigenvalue weighted by Crippen LogP contribution is 2.20. The van der Waals surface area contributed by atoms with Crippen LogP contribution in [0.15, 0.2) is 10.7 Å². The van der Waals surface area contributed by atoms with Gasteiger partial charge in [0, 0.05) is 12.5 Å². The maximum Gasteiger partial charge on any atom is 0.229 e. The Morgan fingerprint density at radius 1 is 1.64 bits per heavy atom. The number of hydrogen-bond acceptors (Lipinski definition) is 3. The molecule has 0 atom stereocenters. The first-order chi connectivity index (χ1) is 6.57. The largest absolute Gasteiger partial charge is 0.359 e. The zero-order chi connectivity index (χ0) is 10.7. The van der Waals surface area contributed by atoms with Gasteiger partial charge in [0.1, 0.15) is 5.69 Å². The number of carbonyl (C=O) groups excluding carboxylic acids is 1. The number of carbonyl (C=O) groups is 1. The van der Waals surface area contributed by atoms with E-state index in [2.05, 4.69) is 5.16 Å². The monoisotopic (exact) mass is 196 g/mol. The van der Waals surface area contributed by atoms with Gasteiger partial charge in [-0.25, -0.2) is 0 Å². The van der Waals surface area contributed by atoms with Crippen LogP contribution in [0.25, 0.3) is 0 Å². The van der Waals surface area contributed by atoms with E-state index < -0.39 is 0 Å². The number of amides is 1. The van der Waals surface area contributed by atoms with Crippen LogP contribution < -0.4 is 4.90 Å². The van der Waals surface area contributed by atoms with Gasteiger partial charge in [0.2, 0.25) is 5.91 Å². The van der Waals surface area contributed by atoms with E-state index in [1.54, 1.807) is 18.0 Å². The molecule has 0 unspecified atom stereocenters. The lowest BCUT2D eigenvalue weighted by molar-refractivity contribution is -0.121. The molecule has 1 aromatic heterocycles. The van der Waals surface area contributed by atoms with E-state index in [1.807, 2.05) is 20.8 Å². The molecule has 1 rings (SSSR count). The first-order valence-corrected chi connectivity index (χ1v) is 4.80. The zero-order valence-corrected chi connectivity index (χ0v) is 9.07. The predicted octanol–water partition coefficient (Wildman–Crippen LogP) is 1.99. The Morgan fingerprint density at radius 3 is 2.64 bits per heavy atom. The Labute approximate surface area is 83.9 Å². The number of aryl methyl sites for hydroxylation is 1. The molecule has 1 heterocycles. The normalized spacial score (nSPS) is 10.6. The van der Waals surface area contributed by atoms with Gasteiger partial charge < -0.3 is 9.42 Å². The highest BCUT2D eigenvalue weighted by molar-refractivity contribution is 5.94. The van der Waals surface area contributed by atoms with Gasteiger partial charge in [0.05, 0.1) is 6.20 Å². The third kappa shape index (κ3) is 1.95. The summed E-state index contributed by atoms with van der Waals surface area (Å²) in [5.74, 6) is 0.768. The summed E-state index contributed by atoms with van der Waals surface area (Å²) >= 11 is 0. The van der Waals surface area contributed by atoms with E-state index in [0.29, 0.717) is 12.3 Å². The highest BCUT2D eigenvalue weighted by atomic mass is 16.5. The molecule has 1 amide bonds. The molecule has 0 fully saturated rings. The van der Waals surface area contributed by atoms with Crippen molar-refractivity contribution in [3.05, 3.63) is 12.0 Å². The van der Waals surface area contributed by atoms with Crippen molar-refractivity contribution in [2.24, 2.45) is 5.92 Å². The molecule has 0 aliphatic rings. The summed E-state index contributed by atoms with van der Waals surface area (Å²) in [7, 11) is 0. The lowest BCUT2D eigenvalue weighted by atomic mass is 10.2. The van der Waals surface area contributed by atoms with Crippen molar-refractivity contribution < 1.29 is 9.32 Å².